The summed E-state index contributed by atoms with van der Waals surface area (Å²) in [4.78, 5) is 28.4. The number of nitriles is 1. The van der Waals surface area contributed by atoms with Crippen molar-refractivity contribution in [2.45, 2.75) is 50.9 Å². The zero-order valence-corrected chi connectivity index (χ0v) is 22.9. The van der Waals surface area contributed by atoms with Crippen molar-refractivity contribution in [3.05, 3.63) is 64.2 Å². The quantitative estimate of drug-likeness (QED) is 0.318. The molecule has 2 saturated heterocycles. The molecule has 1 N–H and O–H groups in total. The molecule has 4 aromatic rings. The number of fused-ring (bicyclic) bond motifs is 1. The first-order chi connectivity index (χ1) is 19.9. The standard InChI is InChI=1S/C29H27FN6O4S/c30-21-12-17(14-31)4-5-18(21)16-40-23-3-1-2-22(32-23)35-9-7-29(8-10-35)13-20(29)24-33-26-25(34-27(41-26)28(37)38)36(24)15-19-6-11-39-19/h1-5,12,19-20H,6-11,13,15-16H2,(H,37,38)/t19-,20?/m0/s1. The summed E-state index contributed by atoms with van der Waals surface area (Å²) in [6, 6.07) is 11.9. The van der Waals surface area contributed by atoms with Crippen molar-refractivity contribution in [3.8, 4) is 11.9 Å². The SMILES string of the molecule is N#Cc1ccc(COc2cccc(N3CCC4(CC3)CC4c3nc4sc(C(=O)O)nc4n3C[C@@H]3CCO3)n2)c(F)c1. The molecule has 1 aliphatic carbocycles. The van der Waals surface area contributed by atoms with Crippen LogP contribution in [0, 0.1) is 22.6 Å². The van der Waals surface area contributed by atoms with E-state index in [1.807, 2.05) is 18.2 Å². The number of carbonyl (C=O) groups is 1. The highest BCUT2D eigenvalue weighted by Gasteiger charge is 2.57. The lowest BCUT2D eigenvalue weighted by atomic mass is 9.90. The molecule has 2 atom stereocenters. The van der Waals surface area contributed by atoms with Gasteiger partial charge in [-0.1, -0.05) is 23.5 Å². The summed E-state index contributed by atoms with van der Waals surface area (Å²) < 4.78 is 27.8. The summed E-state index contributed by atoms with van der Waals surface area (Å²) in [5.41, 5.74) is 1.46. The third-order valence-electron chi connectivity index (χ3n) is 8.55. The molecule has 1 aromatic carbocycles. The van der Waals surface area contributed by atoms with Gasteiger partial charge in [-0.25, -0.2) is 19.2 Å². The molecule has 1 unspecified atom stereocenters. The number of halogens is 1. The number of carboxylic acid groups (broad SMARTS) is 1. The number of piperidine rings is 1. The van der Waals surface area contributed by atoms with Crippen molar-refractivity contribution in [1.29, 1.82) is 5.26 Å². The van der Waals surface area contributed by atoms with Crippen LogP contribution in [0.25, 0.3) is 10.5 Å². The number of imidazole rings is 1. The van der Waals surface area contributed by atoms with Crippen molar-refractivity contribution in [1.82, 2.24) is 19.5 Å². The van der Waals surface area contributed by atoms with Gasteiger partial charge in [0.15, 0.2) is 10.5 Å². The monoisotopic (exact) mass is 574 g/mol. The molecule has 10 nitrogen and oxygen atoms in total. The number of aromatic carboxylic acids is 1. The van der Waals surface area contributed by atoms with Gasteiger partial charge in [0.2, 0.25) is 10.9 Å². The van der Waals surface area contributed by atoms with Gasteiger partial charge >= 0.3 is 5.97 Å². The summed E-state index contributed by atoms with van der Waals surface area (Å²) in [6.07, 6.45) is 4.14. The van der Waals surface area contributed by atoms with Crippen molar-refractivity contribution >= 4 is 33.6 Å². The lowest BCUT2D eigenvalue weighted by molar-refractivity contribution is -0.0591. The summed E-state index contributed by atoms with van der Waals surface area (Å²) in [6.45, 7) is 3.12. The Labute approximate surface area is 239 Å². The molecule has 1 spiro atoms. The third-order valence-corrected chi connectivity index (χ3v) is 9.48. The van der Waals surface area contributed by atoms with E-state index >= 15 is 0 Å². The maximum atomic E-state index is 14.2. The number of hydrogen-bond acceptors (Lipinski definition) is 9. The molecule has 3 fully saturated rings. The van der Waals surface area contributed by atoms with Crippen molar-refractivity contribution in [2.75, 3.05) is 24.6 Å². The van der Waals surface area contributed by atoms with Gasteiger partial charge in [-0.15, -0.1) is 0 Å². The van der Waals surface area contributed by atoms with Gasteiger partial charge in [-0.05, 0) is 49.3 Å². The fraction of sp³-hybridized carbons (Fsp3) is 0.414. The molecule has 1 saturated carbocycles. The zero-order valence-electron chi connectivity index (χ0n) is 22.1. The van der Waals surface area contributed by atoms with Gasteiger partial charge in [0.05, 0.1) is 24.3 Å². The second-order valence-electron chi connectivity index (χ2n) is 11.0. The van der Waals surface area contributed by atoms with Crippen LogP contribution in [0.1, 0.15) is 58.4 Å². The number of nitrogens with zero attached hydrogens (tertiary/aromatic N) is 6. The van der Waals surface area contributed by atoms with E-state index in [0.717, 1.165) is 68.4 Å². The number of benzene rings is 1. The van der Waals surface area contributed by atoms with E-state index in [2.05, 4.69) is 19.4 Å². The topological polar surface area (TPSA) is 126 Å². The average molecular weight is 575 g/mol. The Kier molecular flexibility index (Phi) is 6.36. The number of anilines is 1. The first-order valence-corrected chi connectivity index (χ1v) is 14.5. The van der Waals surface area contributed by atoms with Crippen LogP contribution in [0.15, 0.2) is 36.4 Å². The molecular formula is C29H27FN6O4S. The molecule has 0 bridgehead atoms. The van der Waals surface area contributed by atoms with Gasteiger partial charge < -0.3 is 24.0 Å². The number of hydrogen-bond donors (Lipinski definition) is 1. The Morgan fingerprint density at radius 2 is 2.07 bits per heavy atom. The number of aromatic nitrogens is 4. The Morgan fingerprint density at radius 3 is 2.78 bits per heavy atom. The molecule has 7 rings (SSSR count). The Morgan fingerprint density at radius 1 is 1.24 bits per heavy atom. The van der Waals surface area contributed by atoms with Gasteiger partial charge in [-0.2, -0.15) is 10.2 Å². The van der Waals surface area contributed by atoms with Crippen molar-refractivity contribution < 1.29 is 23.8 Å². The number of carboxylic acids is 1. The van der Waals surface area contributed by atoms with Crippen LogP contribution < -0.4 is 9.64 Å². The molecule has 3 aromatic heterocycles. The molecular weight excluding hydrogens is 547 g/mol. The summed E-state index contributed by atoms with van der Waals surface area (Å²) in [5.74, 6) is 1.06. The van der Waals surface area contributed by atoms with Crippen LogP contribution in [-0.2, 0) is 17.9 Å². The van der Waals surface area contributed by atoms with Gasteiger partial charge in [0, 0.05) is 37.2 Å². The summed E-state index contributed by atoms with van der Waals surface area (Å²) in [5, 5.41) is 18.4. The second kappa shape index (κ2) is 10.1. The normalized spacial score (nSPS) is 21.0. The van der Waals surface area contributed by atoms with E-state index in [1.165, 1.54) is 6.07 Å². The van der Waals surface area contributed by atoms with E-state index in [1.54, 1.807) is 18.2 Å². The Bertz CT molecular complexity index is 1680. The lowest BCUT2D eigenvalue weighted by Crippen LogP contribution is -2.36. The highest BCUT2D eigenvalue weighted by molar-refractivity contribution is 7.19. The van der Waals surface area contributed by atoms with E-state index in [9.17, 15) is 14.3 Å². The summed E-state index contributed by atoms with van der Waals surface area (Å²) in [7, 11) is 0. The predicted octanol–water partition coefficient (Wildman–Crippen LogP) is 4.74. The van der Waals surface area contributed by atoms with Crippen LogP contribution in [0.5, 0.6) is 5.88 Å². The Balaban J connectivity index is 1.02. The fourth-order valence-corrected chi connectivity index (χ4v) is 6.78. The number of ether oxygens (including phenoxy) is 2. The molecule has 0 radical (unpaired) electrons. The zero-order chi connectivity index (χ0) is 28.1. The molecule has 210 valence electrons. The predicted molar refractivity (Wildman–Crippen MR) is 148 cm³/mol. The first-order valence-electron chi connectivity index (χ1n) is 13.7. The van der Waals surface area contributed by atoms with E-state index in [4.69, 9.17) is 19.7 Å². The van der Waals surface area contributed by atoms with Crippen LogP contribution >= 0.6 is 11.3 Å². The highest BCUT2D eigenvalue weighted by atomic mass is 32.1. The van der Waals surface area contributed by atoms with Gasteiger partial charge in [-0.3, -0.25) is 0 Å². The van der Waals surface area contributed by atoms with Crippen molar-refractivity contribution in [2.24, 2.45) is 5.41 Å². The lowest BCUT2D eigenvalue weighted by Gasteiger charge is -2.34. The fourth-order valence-electron chi connectivity index (χ4n) is 5.99. The van der Waals surface area contributed by atoms with Gasteiger partial charge in [0.25, 0.3) is 0 Å². The molecule has 5 heterocycles. The molecule has 12 heteroatoms. The van der Waals surface area contributed by atoms with Crippen molar-refractivity contribution in [3.63, 3.8) is 0 Å². The Hall–Kier alpha value is -4.08. The highest BCUT2D eigenvalue weighted by Crippen LogP contribution is 2.65. The van der Waals surface area contributed by atoms with Crippen LogP contribution in [0.2, 0.25) is 0 Å². The largest absolute Gasteiger partial charge is 0.476 e. The average Bonchev–Trinajstić information content (AvgIpc) is 3.30. The number of rotatable bonds is 8. The minimum atomic E-state index is -1.03. The van der Waals surface area contributed by atoms with Gasteiger partial charge in [0.1, 0.15) is 24.1 Å². The van der Waals surface area contributed by atoms with E-state index in [-0.39, 0.29) is 28.7 Å². The third kappa shape index (κ3) is 4.79. The smallest absolute Gasteiger partial charge is 0.365 e. The minimum absolute atomic E-state index is 0.0254. The maximum absolute atomic E-state index is 14.2. The minimum Gasteiger partial charge on any atom is -0.476 e. The van der Waals surface area contributed by atoms with E-state index < -0.39 is 11.8 Å². The molecule has 2 aliphatic heterocycles. The number of pyridine rings is 1. The van der Waals surface area contributed by atoms with Crippen LogP contribution in [-0.4, -0.2) is 56.4 Å². The molecule has 41 heavy (non-hydrogen) atoms. The maximum Gasteiger partial charge on any atom is 0.365 e. The summed E-state index contributed by atoms with van der Waals surface area (Å²) >= 11 is 1.13. The molecule has 3 aliphatic rings. The first kappa shape index (κ1) is 25.9. The number of thiazole rings is 1. The van der Waals surface area contributed by atoms with E-state index in [0.29, 0.717) is 34.4 Å². The van der Waals surface area contributed by atoms with Crippen LogP contribution in [0.4, 0.5) is 10.2 Å². The van der Waals surface area contributed by atoms with Crippen LogP contribution in [0.3, 0.4) is 0 Å². The second-order valence-corrected chi connectivity index (χ2v) is 11.9. The molecule has 0 amide bonds.